The van der Waals surface area contributed by atoms with Gasteiger partial charge in [-0.15, -0.1) is 11.3 Å². The van der Waals surface area contributed by atoms with E-state index in [-0.39, 0.29) is 12.3 Å². The third-order valence-corrected chi connectivity index (χ3v) is 6.29. The maximum Gasteiger partial charge on any atom is 0.416 e. The van der Waals surface area contributed by atoms with Crippen molar-refractivity contribution in [1.29, 1.82) is 0 Å². The number of aromatic nitrogens is 3. The molecular weight excluding hydrogens is 455 g/mol. The van der Waals surface area contributed by atoms with Crippen LogP contribution in [0.15, 0.2) is 29.6 Å². The van der Waals surface area contributed by atoms with Crippen molar-refractivity contribution < 1.29 is 22.7 Å². The highest BCUT2D eigenvalue weighted by atomic mass is 32.1. The predicted molar refractivity (Wildman–Crippen MR) is 119 cm³/mol. The van der Waals surface area contributed by atoms with Gasteiger partial charge in [0, 0.05) is 36.3 Å². The van der Waals surface area contributed by atoms with Gasteiger partial charge < -0.3 is 10.1 Å². The predicted octanol–water partition coefficient (Wildman–Crippen LogP) is 3.98. The van der Waals surface area contributed by atoms with E-state index in [1.807, 2.05) is 5.38 Å². The molecule has 11 heteroatoms. The number of nitrogens with one attached hydrogen (secondary N) is 1. The Balaban J connectivity index is 1.43. The van der Waals surface area contributed by atoms with Crippen LogP contribution in [0.5, 0.6) is 0 Å². The van der Waals surface area contributed by atoms with E-state index in [2.05, 4.69) is 20.3 Å². The molecule has 1 fully saturated rings. The third-order valence-electron chi connectivity index (χ3n) is 5.48. The lowest BCUT2D eigenvalue weighted by molar-refractivity contribution is -0.137. The summed E-state index contributed by atoms with van der Waals surface area (Å²) in [6.07, 6.45) is -4.39. The van der Waals surface area contributed by atoms with E-state index in [4.69, 9.17) is 4.74 Å². The van der Waals surface area contributed by atoms with Crippen LogP contribution in [-0.4, -0.2) is 51.9 Å². The van der Waals surface area contributed by atoms with Gasteiger partial charge in [-0.25, -0.2) is 9.67 Å². The second kappa shape index (κ2) is 9.62. The van der Waals surface area contributed by atoms with Gasteiger partial charge in [0.1, 0.15) is 0 Å². The molecular formula is C22H24F3N5O2S. The molecule has 1 aliphatic rings. The standard InChI is InChI=1S/C22H24F3N5O2S/c1-14-19(15(2)30(28-14)18-5-3-4-16(10-18)22(23,24)25)11-20(31)27-21-26-17(13-33-21)12-29-6-8-32-9-7-29/h3-5,10,13H,6-9,11-12H2,1-2H3,(H,26,27,31). The monoisotopic (exact) mass is 479 g/mol. The first-order valence-electron chi connectivity index (χ1n) is 10.5. The molecule has 1 amide bonds. The summed E-state index contributed by atoms with van der Waals surface area (Å²) >= 11 is 1.36. The van der Waals surface area contributed by atoms with Gasteiger partial charge in [-0.2, -0.15) is 18.3 Å². The van der Waals surface area contributed by atoms with Crippen LogP contribution in [0.3, 0.4) is 0 Å². The molecule has 0 aliphatic carbocycles. The summed E-state index contributed by atoms with van der Waals surface area (Å²) in [5, 5.41) is 9.63. The Hall–Kier alpha value is -2.76. The minimum atomic E-state index is -4.44. The average Bonchev–Trinajstić information content (AvgIpc) is 3.32. The number of alkyl halides is 3. The lowest BCUT2D eigenvalue weighted by atomic mass is 10.1. The fraction of sp³-hybridized carbons (Fsp3) is 0.409. The minimum absolute atomic E-state index is 0.0506. The van der Waals surface area contributed by atoms with Crippen molar-refractivity contribution in [2.24, 2.45) is 0 Å². The van der Waals surface area contributed by atoms with Crippen LogP contribution in [0.2, 0.25) is 0 Å². The van der Waals surface area contributed by atoms with Gasteiger partial charge in [-0.05, 0) is 32.0 Å². The lowest BCUT2D eigenvalue weighted by Gasteiger charge is -2.25. The minimum Gasteiger partial charge on any atom is -0.379 e. The molecule has 0 atom stereocenters. The fourth-order valence-corrected chi connectivity index (χ4v) is 4.46. The van der Waals surface area contributed by atoms with Crippen LogP contribution >= 0.6 is 11.3 Å². The highest BCUT2D eigenvalue weighted by molar-refractivity contribution is 7.13. The number of morpholine rings is 1. The first-order valence-corrected chi connectivity index (χ1v) is 11.4. The average molecular weight is 480 g/mol. The van der Waals surface area contributed by atoms with E-state index in [1.165, 1.54) is 22.1 Å². The topological polar surface area (TPSA) is 72.3 Å². The van der Waals surface area contributed by atoms with E-state index in [0.29, 0.717) is 47.5 Å². The molecule has 33 heavy (non-hydrogen) atoms. The molecule has 1 saturated heterocycles. The number of rotatable bonds is 6. The molecule has 4 rings (SSSR count). The first kappa shape index (κ1) is 23.4. The van der Waals surface area contributed by atoms with Crippen molar-refractivity contribution in [3.63, 3.8) is 0 Å². The highest BCUT2D eigenvalue weighted by Gasteiger charge is 2.31. The number of nitrogens with zero attached hydrogens (tertiary/aromatic N) is 4. The molecule has 1 aliphatic heterocycles. The number of aryl methyl sites for hydroxylation is 1. The molecule has 3 heterocycles. The summed E-state index contributed by atoms with van der Waals surface area (Å²) in [6, 6.07) is 4.97. The third kappa shape index (κ3) is 5.60. The van der Waals surface area contributed by atoms with Crippen LogP contribution in [-0.2, 0) is 28.7 Å². The molecule has 0 unspecified atom stereocenters. The van der Waals surface area contributed by atoms with Gasteiger partial charge in [-0.1, -0.05) is 6.07 Å². The second-order valence-corrected chi connectivity index (χ2v) is 8.72. The molecule has 0 spiro atoms. The molecule has 0 saturated carbocycles. The Kier molecular flexibility index (Phi) is 6.82. The fourth-order valence-electron chi connectivity index (χ4n) is 3.75. The van der Waals surface area contributed by atoms with E-state index < -0.39 is 11.7 Å². The van der Waals surface area contributed by atoms with Gasteiger partial charge in [-0.3, -0.25) is 9.69 Å². The quantitative estimate of drug-likeness (QED) is 0.579. The van der Waals surface area contributed by atoms with Crippen LogP contribution in [0, 0.1) is 13.8 Å². The van der Waals surface area contributed by atoms with Crippen molar-refractivity contribution in [1.82, 2.24) is 19.7 Å². The normalized spacial score (nSPS) is 15.1. The number of ether oxygens (including phenoxy) is 1. The van der Waals surface area contributed by atoms with Gasteiger partial charge in [0.25, 0.3) is 0 Å². The largest absolute Gasteiger partial charge is 0.416 e. The van der Waals surface area contributed by atoms with Crippen molar-refractivity contribution in [2.75, 3.05) is 31.6 Å². The summed E-state index contributed by atoms with van der Waals surface area (Å²) in [4.78, 5) is 19.4. The molecule has 1 aromatic carbocycles. The summed E-state index contributed by atoms with van der Waals surface area (Å²) < 4.78 is 46.0. The summed E-state index contributed by atoms with van der Waals surface area (Å²) in [5.41, 5.74) is 2.33. The Labute approximate surface area is 193 Å². The molecule has 2 aromatic heterocycles. The van der Waals surface area contributed by atoms with Crippen LogP contribution in [0.4, 0.5) is 18.3 Å². The summed E-state index contributed by atoms with van der Waals surface area (Å²) in [5.74, 6) is -0.253. The van der Waals surface area contributed by atoms with Crippen LogP contribution < -0.4 is 5.32 Å². The lowest BCUT2D eigenvalue weighted by Crippen LogP contribution is -2.35. The second-order valence-electron chi connectivity index (χ2n) is 7.87. The zero-order chi connectivity index (χ0) is 23.6. The van der Waals surface area contributed by atoms with Crippen LogP contribution in [0.1, 0.15) is 28.2 Å². The smallest absolute Gasteiger partial charge is 0.379 e. The number of carbonyl (C=O) groups is 1. The highest BCUT2D eigenvalue weighted by Crippen LogP contribution is 2.31. The number of hydrogen-bond donors (Lipinski definition) is 1. The molecule has 7 nitrogen and oxygen atoms in total. The summed E-state index contributed by atoms with van der Waals surface area (Å²) in [6.45, 7) is 7.32. The molecule has 0 bridgehead atoms. The maximum absolute atomic E-state index is 13.1. The Morgan fingerprint density at radius 3 is 2.73 bits per heavy atom. The molecule has 3 aromatic rings. The number of benzene rings is 1. The molecule has 0 radical (unpaired) electrons. The van der Waals surface area contributed by atoms with Gasteiger partial charge >= 0.3 is 6.18 Å². The van der Waals surface area contributed by atoms with Crippen molar-refractivity contribution >= 4 is 22.4 Å². The van der Waals surface area contributed by atoms with Gasteiger partial charge in [0.15, 0.2) is 5.13 Å². The Bertz CT molecular complexity index is 1140. The maximum atomic E-state index is 13.1. The zero-order valence-corrected chi connectivity index (χ0v) is 19.1. The molecule has 1 N–H and O–H groups in total. The Morgan fingerprint density at radius 1 is 1.24 bits per heavy atom. The number of anilines is 1. The number of halogens is 3. The van der Waals surface area contributed by atoms with Crippen molar-refractivity contribution in [2.45, 2.75) is 33.0 Å². The van der Waals surface area contributed by atoms with E-state index in [0.717, 1.165) is 30.9 Å². The SMILES string of the molecule is Cc1nn(-c2cccc(C(F)(F)F)c2)c(C)c1CC(=O)Nc1nc(CN2CCOCC2)cs1. The van der Waals surface area contributed by atoms with E-state index in [9.17, 15) is 18.0 Å². The van der Waals surface area contributed by atoms with E-state index in [1.54, 1.807) is 19.9 Å². The Morgan fingerprint density at radius 2 is 2.00 bits per heavy atom. The van der Waals surface area contributed by atoms with Crippen molar-refractivity contribution in [3.05, 3.63) is 57.9 Å². The molecule has 176 valence electrons. The van der Waals surface area contributed by atoms with Gasteiger partial charge in [0.05, 0.1) is 42.3 Å². The number of thiazole rings is 1. The van der Waals surface area contributed by atoms with Crippen molar-refractivity contribution in [3.8, 4) is 5.69 Å². The van der Waals surface area contributed by atoms with Crippen LogP contribution in [0.25, 0.3) is 5.69 Å². The number of amides is 1. The number of carbonyl (C=O) groups excluding carboxylic acids is 1. The van der Waals surface area contributed by atoms with Gasteiger partial charge in [0.2, 0.25) is 5.91 Å². The number of hydrogen-bond acceptors (Lipinski definition) is 6. The first-order chi connectivity index (χ1) is 15.7. The van der Waals surface area contributed by atoms with E-state index >= 15 is 0 Å². The summed E-state index contributed by atoms with van der Waals surface area (Å²) in [7, 11) is 0. The zero-order valence-electron chi connectivity index (χ0n) is 18.3.